The highest BCUT2D eigenvalue weighted by Gasteiger charge is 2.30. The van der Waals surface area contributed by atoms with Gasteiger partial charge >= 0.3 is 6.18 Å². The summed E-state index contributed by atoms with van der Waals surface area (Å²) in [5, 5.41) is 9.50. The lowest BCUT2D eigenvalue weighted by molar-refractivity contribution is -0.137. The van der Waals surface area contributed by atoms with Gasteiger partial charge in [-0.1, -0.05) is 41.6 Å². The molecule has 0 bridgehead atoms. The highest BCUT2D eigenvalue weighted by atomic mass is 35.5. The minimum Gasteiger partial charge on any atom is -0.486 e. The van der Waals surface area contributed by atoms with Crippen molar-refractivity contribution in [2.75, 3.05) is 0 Å². The van der Waals surface area contributed by atoms with Crippen molar-refractivity contribution in [2.45, 2.75) is 23.7 Å². The van der Waals surface area contributed by atoms with Crippen LogP contribution >= 0.6 is 23.4 Å². The summed E-state index contributed by atoms with van der Waals surface area (Å²) >= 11 is 7.45. The largest absolute Gasteiger partial charge is 0.486 e. The Kier molecular flexibility index (Phi) is 5.96. The maximum atomic E-state index is 12.8. The van der Waals surface area contributed by atoms with Crippen molar-refractivity contribution in [3.63, 3.8) is 0 Å². The average molecular weight is 414 g/mol. The molecular formula is C18H15ClF3N3OS. The van der Waals surface area contributed by atoms with Crippen molar-refractivity contribution >= 4 is 23.4 Å². The maximum Gasteiger partial charge on any atom is 0.416 e. The zero-order chi connectivity index (χ0) is 19.4. The fourth-order valence-electron chi connectivity index (χ4n) is 2.28. The Morgan fingerprint density at radius 2 is 1.89 bits per heavy atom. The highest BCUT2D eigenvalue weighted by molar-refractivity contribution is 7.98. The molecule has 0 saturated heterocycles. The van der Waals surface area contributed by atoms with Crippen LogP contribution in [0.5, 0.6) is 5.75 Å². The Hall–Kier alpha value is -2.19. The molecule has 0 spiro atoms. The molecule has 2 aromatic carbocycles. The second-order valence-corrected chi connectivity index (χ2v) is 7.07. The number of hydrogen-bond acceptors (Lipinski definition) is 4. The smallest absolute Gasteiger partial charge is 0.416 e. The number of halogens is 4. The van der Waals surface area contributed by atoms with Crippen molar-refractivity contribution < 1.29 is 17.9 Å². The quantitative estimate of drug-likeness (QED) is 0.510. The molecule has 0 amide bonds. The monoisotopic (exact) mass is 413 g/mol. The summed E-state index contributed by atoms with van der Waals surface area (Å²) in [5.74, 6) is 1.31. The van der Waals surface area contributed by atoms with Crippen LogP contribution in [0.15, 0.2) is 53.7 Å². The summed E-state index contributed by atoms with van der Waals surface area (Å²) in [4.78, 5) is 0. The third kappa shape index (κ3) is 5.17. The van der Waals surface area contributed by atoms with E-state index in [1.54, 1.807) is 17.7 Å². The summed E-state index contributed by atoms with van der Waals surface area (Å²) in [5.41, 5.74) is 0.299. The predicted molar refractivity (Wildman–Crippen MR) is 97.8 cm³/mol. The maximum absolute atomic E-state index is 12.8. The van der Waals surface area contributed by atoms with Gasteiger partial charge in [-0.25, -0.2) is 0 Å². The first-order chi connectivity index (χ1) is 12.8. The topological polar surface area (TPSA) is 39.9 Å². The van der Waals surface area contributed by atoms with Crippen LogP contribution in [0, 0.1) is 0 Å². The molecule has 0 aliphatic heterocycles. The Morgan fingerprint density at radius 3 is 2.63 bits per heavy atom. The molecule has 142 valence electrons. The van der Waals surface area contributed by atoms with E-state index in [0.717, 1.165) is 17.7 Å². The van der Waals surface area contributed by atoms with E-state index in [0.29, 0.717) is 21.8 Å². The molecule has 0 saturated carbocycles. The molecule has 1 heterocycles. The molecular weight excluding hydrogens is 399 g/mol. The summed E-state index contributed by atoms with van der Waals surface area (Å²) in [6.07, 6.45) is -4.41. The second kappa shape index (κ2) is 8.22. The molecule has 1 aromatic heterocycles. The normalized spacial score (nSPS) is 11.6. The zero-order valence-corrected chi connectivity index (χ0v) is 15.8. The van der Waals surface area contributed by atoms with Crippen LogP contribution in [0.1, 0.15) is 17.0 Å². The van der Waals surface area contributed by atoms with Gasteiger partial charge in [-0.05, 0) is 35.9 Å². The van der Waals surface area contributed by atoms with Crippen LogP contribution in [0.2, 0.25) is 5.02 Å². The van der Waals surface area contributed by atoms with Gasteiger partial charge in [0.05, 0.1) is 5.56 Å². The number of hydrogen-bond donors (Lipinski definition) is 0. The van der Waals surface area contributed by atoms with Gasteiger partial charge in [0.1, 0.15) is 12.4 Å². The van der Waals surface area contributed by atoms with Gasteiger partial charge < -0.3 is 9.30 Å². The average Bonchev–Trinajstić information content (AvgIpc) is 2.98. The molecule has 0 aliphatic rings. The first-order valence-electron chi connectivity index (χ1n) is 7.88. The lowest BCUT2D eigenvalue weighted by Gasteiger charge is -2.10. The lowest BCUT2D eigenvalue weighted by atomic mass is 10.2. The molecule has 9 heteroatoms. The van der Waals surface area contributed by atoms with Gasteiger partial charge in [-0.15, -0.1) is 10.2 Å². The van der Waals surface area contributed by atoms with E-state index in [9.17, 15) is 13.2 Å². The third-order valence-electron chi connectivity index (χ3n) is 3.71. The number of thioether (sulfide) groups is 1. The minimum absolute atomic E-state index is 0.0164. The van der Waals surface area contributed by atoms with E-state index in [2.05, 4.69) is 10.2 Å². The van der Waals surface area contributed by atoms with Crippen LogP contribution in [-0.2, 0) is 25.6 Å². The molecule has 27 heavy (non-hydrogen) atoms. The molecule has 0 radical (unpaired) electrons. The summed E-state index contributed by atoms with van der Waals surface area (Å²) < 4.78 is 45.5. The first kappa shape index (κ1) is 19.6. The van der Waals surface area contributed by atoms with Crippen molar-refractivity contribution in [1.29, 1.82) is 0 Å². The van der Waals surface area contributed by atoms with E-state index in [1.807, 2.05) is 18.2 Å². The van der Waals surface area contributed by atoms with Gasteiger partial charge in [-0.2, -0.15) is 13.2 Å². The SMILES string of the molecule is Cn1c(COc2cccc(C(F)(F)F)c2)nnc1SCc1cccc(Cl)c1. The Labute approximate surface area is 163 Å². The molecule has 0 fully saturated rings. The van der Waals surface area contributed by atoms with Crippen molar-refractivity contribution in [2.24, 2.45) is 7.05 Å². The van der Waals surface area contributed by atoms with Gasteiger partial charge in [0.25, 0.3) is 0 Å². The Balaban J connectivity index is 1.62. The standard InChI is InChI=1S/C18H15ClF3N3OS/c1-25-16(10-26-15-7-3-5-13(9-15)18(20,21)22)23-24-17(25)27-11-12-4-2-6-14(19)8-12/h2-9H,10-11H2,1H3. The second-order valence-electron chi connectivity index (χ2n) is 5.69. The van der Waals surface area contributed by atoms with Crippen LogP contribution in [0.4, 0.5) is 13.2 Å². The van der Waals surface area contributed by atoms with Crippen LogP contribution < -0.4 is 4.74 Å². The zero-order valence-electron chi connectivity index (χ0n) is 14.2. The molecule has 4 nitrogen and oxygen atoms in total. The molecule has 0 unspecified atom stereocenters. The molecule has 0 N–H and O–H groups in total. The van der Waals surface area contributed by atoms with Crippen LogP contribution in [0.3, 0.4) is 0 Å². The van der Waals surface area contributed by atoms with Gasteiger partial charge in [0.15, 0.2) is 11.0 Å². The molecule has 3 aromatic rings. The molecule has 0 aliphatic carbocycles. The van der Waals surface area contributed by atoms with Gasteiger partial charge in [0, 0.05) is 17.8 Å². The van der Waals surface area contributed by atoms with E-state index in [4.69, 9.17) is 16.3 Å². The van der Waals surface area contributed by atoms with E-state index < -0.39 is 11.7 Å². The van der Waals surface area contributed by atoms with Gasteiger partial charge in [0.2, 0.25) is 0 Å². The van der Waals surface area contributed by atoms with Crippen LogP contribution in [0.25, 0.3) is 0 Å². The highest BCUT2D eigenvalue weighted by Crippen LogP contribution is 2.31. The number of nitrogens with zero attached hydrogens (tertiary/aromatic N) is 3. The van der Waals surface area contributed by atoms with Crippen molar-refractivity contribution in [1.82, 2.24) is 14.8 Å². The fourth-order valence-corrected chi connectivity index (χ4v) is 3.37. The van der Waals surface area contributed by atoms with Gasteiger partial charge in [-0.3, -0.25) is 0 Å². The first-order valence-corrected chi connectivity index (χ1v) is 9.25. The van der Waals surface area contributed by atoms with Crippen molar-refractivity contribution in [3.05, 3.63) is 70.5 Å². The summed E-state index contributed by atoms with van der Waals surface area (Å²) in [7, 11) is 1.78. The minimum atomic E-state index is -4.41. The van der Waals surface area contributed by atoms with E-state index in [1.165, 1.54) is 23.9 Å². The number of aromatic nitrogens is 3. The number of ether oxygens (including phenoxy) is 1. The summed E-state index contributed by atoms with van der Waals surface area (Å²) in [6, 6.07) is 12.3. The van der Waals surface area contributed by atoms with Crippen LogP contribution in [-0.4, -0.2) is 14.8 Å². The summed E-state index contributed by atoms with van der Waals surface area (Å²) in [6.45, 7) is 0.0164. The Morgan fingerprint density at radius 1 is 1.11 bits per heavy atom. The fraction of sp³-hybridized carbons (Fsp3) is 0.222. The number of benzene rings is 2. The third-order valence-corrected chi connectivity index (χ3v) is 5.04. The van der Waals surface area contributed by atoms with Crippen molar-refractivity contribution in [3.8, 4) is 5.75 Å². The number of alkyl halides is 3. The lowest BCUT2D eigenvalue weighted by Crippen LogP contribution is -2.07. The molecule has 0 atom stereocenters. The van der Waals surface area contributed by atoms with E-state index >= 15 is 0 Å². The number of rotatable bonds is 6. The van der Waals surface area contributed by atoms with E-state index in [-0.39, 0.29) is 12.4 Å². The molecule has 3 rings (SSSR count). The Bertz CT molecular complexity index is 930. The predicted octanol–water partition coefficient (Wildman–Crippen LogP) is 5.36.